The summed E-state index contributed by atoms with van der Waals surface area (Å²) in [6, 6.07) is 4.89. The van der Waals surface area contributed by atoms with E-state index in [0.717, 1.165) is 32.2 Å². The molecule has 0 bridgehead atoms. The third-order valence-electron chi connectivity index (χ3n) is 4.95. The van der Waals surface area contributed by atoms with Crippen molar-refractivity contribution in [3.8, 4) is 0 Å². The van der Waals surface area contributed by atoms with Crippen LogP contribution in [0.25, 0.3) is 0 Å². The van der Waals surface area contributed by atoms with Crippen LogP contribution in [0.15, 0.2) is 27.5 Å². The second-order valence-corrected chi connectivity index (χ2v) is 8.89. The summed E-state index contributed by atoms with van der Waals surface area (Å²) in [5.41, 5.74) is 0.637. The Bertz CT molecular complexity index is 828. The number of hydrogen-bond acceptors (Lipinski definition) is 4. The van der Waals surface area contributed by atoms with Crippen LogP contribution in [-0.2, 0) is 10.0 Å². The van der Waals surface area contributed by atoms with Crippen LogP contribution in [0.5, 0.6) is 0 Å². The van der Waals surface area contributed by atoms with Crippen LogP contribution in [0.2, 0.25) is 0 Å². The van der Waals surface area contributed by atoms with E-state index in [0.29, 0.717) is 23.5 Å². The molecule has 1 fully saturated rings. The number of carbonyl (C=O) groups is 1. The fourth-order valence-electron chi connectivity index (χ4n) is 3.09. The highest BCUT2D eigenvalue weighted by Crippen LogP contribution is 2.35. The minimum absolute atomic E-state index is 0.125. The normalized spacial score (nSPS) is 19.3. The summed E-state index contributed by atoms with van der Waals surface area (Å²) in [6.45, 7) is 6.63. The standard InChI is InChI=1S/C18H25N3O3S/c1-4-18(2,3)19-17(22)13-9-10-14-15(12-13)25(23,24)20-16-8-6-5-7-11-21(14)16/h9-10,12H,4-8,11H2,1-3H3,(H,19,22). The van der Waals surface area contributed by atoms with E-state index in [1.165, 1.54) is 6.07 Å². The van der Waals surface area contributed by atoms with Crippen LogP contribution in [0.1, 0.15) is 63.2 Å². The molecule has 6 nitrogen and oxygen atoms in total. The van der Waals surface area contributed by atoms with E-state index in [1.807, 2.05) is 25.7 Å². The second-order valence-electron chi connectivity index (χ2n) is 7.32. The number of amides is 1. The van der Waals surface area contributed by atoms with Gasteiger partial charge in [-0.25, -0.2) is 0 Å². The van der Waals surface area contributed by atoms with Crippen LogP contribution in [0.3, 0.4) is 0 Å². The molecule has 3 rings (SSSR count). The predicted octanol–water partition coefficient (Wildman–Crippen LogP) is 3.09. The number of amidine groups is 1. The average molecular weight is 363 g/mol. The van der Waals surface area contributed by atoms with Gasteiger partial charge in [-0.1, -0.05) is 13.3 Å². The largest absolute Gasteiger partial charge is 0.347 e. The topological polar surface area (TPSA) is 78.8 Å². The smallest absolute Gasteiger partial charge is 0.286 e. The van der Waals surface area contributed by atoms with Crippen LogP contribution in [-0.4, -0.2) is 32.2 Å². The van der Waals surface area contributed by atoms with Crippen molar-refractivity contribution in [2.45, 2.75) is 63.3 Å². The molecule has 7 heteroatoms. The van der Waals surface area contributed by atoms with Crippen molar-refractivity contribution in [2.24, 2.45) is 4.40 Å². The molecule has 2 heterocycles. The molecule has 1 amide bonds. The van der Waals surface area contributed by atoms with Gasteiger partial charge < -0.3 is 10.2 Å². The van der Waals surface area contributed by atoms with Gasteiger partial charge in [-0.2, -0.15) is 8.42 Å². The molecule has 0 unspecified atom stereocenters. The lowest BCUT2D eigenvalue weighted by atomic mass is 10.0. The van der Waals surface area contributed by atoms with Crippen LogP contribution < -0.4 is 10.2 Å². The van der Waals surface area contributed by atoms with Gasteiger partial charge in [-0.15, -0.1) is 4.40 Å². The Labute approximate surface area is 149 Å². The molecule has 136 valence electrons. The molecule has 0 aliphatic carbocycles. The van der Waals surface area contributed by atoms with E-state index >= 15 is 0 Å². The third kappa shape index (κ3) is 3.56. The number of rotatable bonds is 3. The number of nitrogens with one attached hydrogen (secondary N) is 1. The van der Waals surface area contributed by atoms with Gasteiger partial charge in [0.05, 0.1) is 5.69 Å². The lowest BCUT2D eigenvalue weighted by Crippen LogP contribution is -2.43. The van der Waals surface area contributed by atoms with Crippen molar-refractivity contribution in [2.75, 3.05) is 11.4 Å². The maximum atomic E-state index is 12.6. The van der Waals surface area contributed by atoms with E-state index in [4.69, 9.17) is 0 Å². The molecule has 0 spiro atoms. The van der Waals surface area contributed by atoms with Crippen molar-refractivity contribution in [3.05, 3.63) is 23.8 Å². The first-order valence-corrected chi connectivity index (χ1v) is 10.3. The molecule has 0 atom stereocenters. The molecule has 1 aromatic carbocycles. The first-order chi connectivity index (χ1) is 11.7. The van der Waals surface area contributed by atoms with E-state index in [1.54, 1.807) is 12.1 Å². The number of hydrogen-bond donors (Lipinski definition) is 1. The highest BCUT2D eigenvalue weighted by molar-refractivity contribution is 7.90. The molecule has 2 aliphatic heterocycles. The molecule has 1 saturated heterocycles. The van der Waals surface area contributed by atoms with Gasteiger partial charge in [0, 0.05) is 24.1 Å². The highest BCUT2D eigenvalue weighted by atomic mass is 32.2. The van der Waals surface area contributed by atoms with Crippen molar-refractivity contribution >= 4 is 27.5 Å². The third-order valence-corrected chi connectivity index (χ3v) is 6.28. The first kappa shape index (κ1) is 17.9. The van der Waals surface area contributed by atoms with Gasteiger partial charge in [-0.3, -0.25) is 4.79 Å². The molecule has 1 aromatic rings. The molecule has 0 radical (unpaired) electrons. The summed E-state index contributed by atoms with van der Waals surface area (Å²) in [4.78, 5) is 14.6. The van der Waals surface area contributed by atoms with Crippen molar-refractivity contribution in [1.82, 2.24) is 5.32 Å². The van der Waals surface area contributed by atoms with Crippen molar-refractivity contribution < 1.29 is 13.2 Å². The van der Waals surface area contributed by atoms with Gasteiger partial charge in [0.1, 0.15) is 10.7 Å². The molecular formula is C18H25N3O3S. The quantitative estimate of drug-likeness (QED) is 0.895. The minimum Gasteiger partial charge on any atom is -0.347 e. The lowest BCUT2D eigenvalue weighted by Gasteiger charge is -2.30. The molecule has 25 heavy (non-hydrogen) atoms. The van der Waals surface area contributed by atoms with Gasteiger partial charge in [0.25, 0.3) is 15.9 Å². The monoisotopic (exact) mass is 363 g/mol. The Morgan fingerprint density at radius 1 is 1.28 bits per heavy atom. The number of benzene rings is 1. The second kappa shape index (κ2) is 6.44. The molecule has 2 aliphatic rings. The van der Waals surface area contributed by atoms with E-state index in [-0.39, 0.29) is 16.3 Å². The van der Waals surface area contributed by atoms with Crippen molar-refractivity contribution in [1.29, 1.82) is 0 Å². The Morgan fingerprint density at radius 2 is 2.04 bits per heavy atom. The van der Waals surface area contributed by atoms with Gasteiger partial charge in [-0.05, 0) is 51.3 Å². The summed E-state index contributed by atoms with van der Waals surface area (Å²) in [5, 5.41) is 2.94. The van der Waals surface area contributed by atoms with E-state index in [2.05, 4.69) is 9.71 Å². The van der Waals surface area contributed by atoms with Crippen molar-refractivity contribution in [3.63, 3.8) is 0 Å². The van der Waals surface area contributed by atoms with Gasteiger partial charge in [0.2, 0.25) is 0 Å². The summed E-state index contributed by atoms with van der Waals surface area (Å²) < 4.78 is 29.2. The summed E-state index contributed by atoms with van der Waals surface area (Å²) in [6.07, 6.45) is 4.48. The summed E-state index contributed by atoms with van der Waals surface area (Å²) in [5.74, 6) is 0.352. The fourth-order valence-corrected chi connectivity index (χ4v) is 4.37. The Morgan fingerprint density at radius 3 is 2.76 bits per heavy atom. The Balaban J connectivity index is 2.00. The number of nitrogens with zero attached hydrogens (tertiary/aromatic N) is 2. The SMILES string of the molecule is CCC(C)(C)NC(=O)c1ccc2c(c1)S(=O)(=O)N=C1CCCCCN12. The zero-order valence-electron chi connectivity index (χ0n) is 15.0. The maximum absolute atomic E-state index is 12.6. The predicted molar refractivity (Wildman–Crippen MR) is 98.7 cm³/mol. The van der Waals surface area contributed by atoms with Crippen LogP contribution in [0.4, 0.5) is 5.69 Å². The number of sulfonamides is 1. The van der Waals surface area contributed by atoms with E-state index < -0.39 is 10.0 Å². The zero-order chi connectivity index (χ0) is 18.2. The number of fused-ring (bicyclic) bond motifs is 3. The Kier molecular flexibility index (Phi) is 4.62. The molecule has 0 aromatic heterocycles. The van der Waals surface area contributed by atoms with Crippen LogP contribution in [0, 0.1) is 0 Å². The summed E-state index contributed by atoms with van der Waals surface area (Å²) in [7, 11) is -3.77. The maximum Gasteiger partial charge on any atom is 0.286 e. The first-order valence-electron chi connectivity index (χ1n) is 8.81. The Hall–Kier alpha value is -1.89. The molecule has 0 saturated carbocycles. The average Bonchev–Trinajstić information content (AvgIpc) is 2.79. The zero-order valence-corrected chi connectivity index (χ0v) is 15.8. The lowest BCUT2D eigenvalue weighted by molar-refractivity contribution is 0.0911. The summed E-state index contributed by atoms with van der Waals surface area (Å²) >= 11 is 0. The van der Waals surface area contributed by atoms with Gasteiger partial charge in [0.15, 0.2) is 0 Å². The minimum atomic E-state index is -3.77. The number of anilines is 1. The van der Waals surface area contributed by atoms with Crippen LogP contribution >= 0.6 is 0 Å². The fraction of sp³-hybridized carbons (Fsp3) is 0.556. The molecular weight excluding hydrogens is 338 g/mol. The highest BCUT2D eigenvalue weighted by Gasteiger charge is 2.32. The number of carbonyl (C=O) groups excluding carboxylic acids is 1. The van der Waals surface area contributed by atoms with E-state index in [9.17, 15) is 13.2 Å². The van der Waals surface area contributed by atoms with Gasteiger partial charge >= 0.3 is 0 Å². The molecule has 1 N–H and O–H groups in total.